The second-order valence-electron chi connectivity index (χ2n) is 7.11. The van der Waals surface area contributed by atoms with Crippen molar-refractivity contribution in [2.75, 3.05) is 17.4 Å². The minimum Gasteiger partial charge on any atom is -0.354 e. The maximum absolute atomic E-state index is 13.2. The van der Waals surface area contributed by atoms with Crippen molar-refractivity contribution in [2.24, 2.45) is 5.92 Å². The normalized spacial score (nSPS) is 15.2. The maximum Gasteiger partial charge on any atom is 0.264 e. The van der Waals surface area contributed by atoms with Crippen LogP contribution in [0.25, 0.3) is 0 Å². The van der Waals surface area contributed by atoms with Gasteiger partial charge in [0.25, 0.3) is 10.0 Å². The fourth-order valence-corrected chi connectivity index (χ4v) is 4.90. The number of rotatable bonds is 7. The first kappa shape index (κ1) is 20.3. The molecule has 1 N–H and O–H groups in total. The first-order valence-electron chi connectivity index (χ1n) is 9.57. The van der Waals surface area contributed by atoms with Crippen LogP contribution >= 0.6 is 0 Å². The van der Waals surface area contributed by atoms with Crippen molar-refractivity contribution >= 4 is 21.6 Å². The lowest BCUT2D eigenvalue weighted by atomic mass is 9.89. The molecule has 3 rings (SSSR count). The van der Waals surface area contributed by atoms with Crippen LogP contribution in [0, 0.1) is 11.7 Å². The Hall–Kier alpha value is -2.41. The lowest BCUT2D eigenvalue weighted by molar-refractivity contribution is -0.119. The van der Waals surface area contributed by atoms with Gasteiger partial charge in [0, 0.05) is 6.54 Å². The standard InChI is InChI=1S/C21H25FN2O3S/c22-18-11-13-20(14-12-18)28(26,27)24(19-9-5-2-6-10-19)16-21(25)23-15-17-7-3-1-4-8-17/h2,5-6,9-14,17H,1,3-4,7-8,15-16H2,(H,23,25). The van der Waals surface area contributed by atoms with Gasteiger partial charge in [0.2, 0.25) is 5.91 Å². The molecular weight excluding hydrogens is 379 g/mol. The fourth-order valence-electron chi connectivity index (χ4n) is 3.48. The quantitative estimate of drug-likeness (QED) is 0.765. The summed E-state index contributed by atoms with van der Waals surface area (Å²) in [6.45, 7) is 0.245. The van der Waals surface area contributed by atoms with Crippen molar-refractivity contribution in [1.82, 2.24) is 5.32 Å². The van der Waals surface area contributed by atoms with Gasteiger partial charge in [-0.05, 0) is 55.2 Å². The molecule has 0 bridgehead atoms. The molecule has 0 heterocycles. The number of sulfonamides is 1. The van der Waals surface area contributed by atoms with Crippen molar-refractivity contribution in [3.05, 3.63) is 60.4 Å². The van der Waals surface area contributed by atoms with Gasteiger partial charge in [0.1, 0.15) is 12.4 Å². The van der Waals surface area contributed by atoms with E-state index in [1.165, 1.54) is 31.4 Å². The highest BCUT2D eigenvalue weighted by molar-refractivity contribution is 7.92. The van der Waals surface area contributed by atoms with Crippen molar-refractivity contribution in [3.63, 3.8) is 0 Å². The zero-order valence-corrected chi connectivity index (χ0v) is 16.5. The minimum absolute atomic E-state index is 0.0576. The smallest absolute Gasteiger partial charge is 0.264 e. The van der Waals surface area contributed by atoms with E-state index in [1.54, 1.807) is 30.3 Å². The van der Waals surface area contributed by atoms with Crippen LogP contribution in [-0.4, -0.2) is 27.4 Å². The number of nitrogens with one attached hydrogen (secondary N) is 1. The van der Waals surface area contributed by atoms with E-state index in [2.05, 4.69) is 5.32 Å². The van der Waals surface area contributed by atoms with Crippen LogP contribution in [-0.2, 0) is 14.8 Å². The van der Waals surface area contributed by atoms with Crippen LogP contribution in [0.5, 0.6) is 0 Å². The summed E-state index contributed by atoms with van der Waals surface area (Å²) in [5.41, 5.74) is 0.389. The Morgan fingerprint density at radius 2 is 1.64 bits per heavy atom. The van der Waals surface area contributed by atoms with E-state index in [9.17, 15) is 17.6 Å². The van der Waals surface area contributed by atoms with Gasteiger partial charge in [-0.2, -0.15) is 0 Å². The molecule has 5 nitrogen and oxygen atoms in total. The molecule has 0 atom stereocenters. The molecular formula is C21H25FN2O3S. The highest BCUT2D eigenvalue weighted by atomic mass is 32.2. The summed E-state index contributed by atoms with van der Waals surface area (Å²) in [5, 5.41) is 2.88. The van der Waals surface area contributed by atoms with Crippen LogP contribution in [0.15, 0.2) is 59.5 Å². The molecule has 150 valence electrons. The van der Waals surface area contributed by atoms with E-state index in [-0.39, 0.29) is 17.3 Å². The molecule has 1 saturated carbocycles. The SMILES string of the molecule is O=C(CN(c1ccccc1)S(=O)(=O)c1ccc(F)cc1)NCC1CCCCC1. The molecule has 0 radical (unpaired) electrons. The lowest BCUT2D eigenvalue weighted by Crippen LogP contribution is -2.42. The van der Waals surface area contributed by atoms with Crippen molar-refractivity contribution < 1.29 is 17.6 Å². The van der Waals surface area contributed by atoms with E-state index >= 15 is 0 Å². The monoisotopic (exact) mass is 404 g/mol. The molecule has 1 aliphatic carbocycles. The maximum atomic E-state index is 13.2. The second-order valence-corrected chi connectivity index (χ2v) is 8.97. The van der Waals surface area contributed by atoms with Gasteiger partial charge in [-0.3, -0.25) is 9.10 Å². The van der Waals surface area contributed by atoms with Crippen LogP contribution in [0.4, 0.5) is 10.1 Å². The van der Waals surface area contributed by atoms with E-state index in [0.717, 1.165) is 29.3 Å². The Kier molecular flexibility index (Phi) is 6.67. The number of benzene rings is 2. The molecule has 1 amide bonds. The Bertz CT molecular complexity index is 880. The second kappa shape index (κ2) is 9.19. The predicted molar refractivity (Wildman–Crippen MR) is 107 cm³/mol. The molecule has 2 aromatic rings. The molecule has 1 aliphatic rings. The number of para-hydroxylation sites is 1. The highest BCUT2D eigenvalue weighted by Gasteiger charge is 2.27. The topological polar surface area (TPSA) is 66.5 Å². The number of carbonyl (C=O) groups excluding carboxylic acids is 1. The summed E-state index contributed by atoms with van der Waals surface area (Å²) < 4.78 is 40.5. The van der Waals surface area contributed by atoms with Crippen LogP contribution in [0.2, 0.25) is 0 Å². The number of hydrogen-bond donors (Lipinski definition) is 1. The van der Waals surface area contributed by atoms with Crippen molar-refractivity contribution in [2.45, 2.75) is 37.0 Å². The van der Waals surface area contributed by atoms with E-state index in [1.807, 2.05) is 0 Å². The first-order chi connectivity index (χ1) is 13.5. The van der Waals surface area contributed by atoms with E-state index < -0.39 is 15.8 Å². The molecule has 2 aromatic carbocycles. The van der Waals surface area contributed by atoms with Gasteiger partial charge in [-0.1, -0.05) is 37.5 Å². The number of hydrogen-bond acceptors (Lipinski definition) is 3. The zero-order chi connectivity index (χ0) is 20.0. The Balaban J connectivity index is 1.77. The predicted octanol–water partition coefficient (Wildman–Crippen LogP) is 3.72. The Morgan fingerprint density at radius 3 is 2.29 bits per heavy atom. The van der Waals surface area contributed by atoms with Crippen LogP contribution < -0.4 is 9.62 Å². The van der Waals surface area contributed by atoms with Crippen LogP contribution in [0.3, 0.4) is 0 Å². The summed E-state index contributed by atoms with van der Waals surface area (Å²) in [6, 6.07) is 13.1. The van der Waals surface area contributed by atoms with Gasteiger partial charge in [-0.25, -0.2) is 12.8 Å². The van der Waals surface area contributed by atoms with Gasteiger partial charge in [0.15, 0.2) is 0 Å². The summed E-state index contributed by atoms with van der Waals surface area (Å²) in [5.74, 6) is -0.410. The van der Waals surface area contributed by atoms with E-state index in [0.29, 0.717) is 18.2 Å². The average molecular weight is 405 g/mol. The summed E-state index contributed by atoms with van der Waals surface area (Å²) in [4.78, 5) is 12.5. The number of amides is 1. The third-order valence-electron chi connectivity index (χ3n) is 5.05. The third-order valence-corrected chi connectivity index (χ3v) is 6.83. The van der Waals surface area contributed by atoms with Gasteiger partial charge in [0.05, 0.1) is 10.6 Å². The van der Waals surface area contributed by atoms with Gasteiger partial charge >= 0.3 is 0 Å². The number of anilines is 1. The molecule has 7 heteroatoms. The molecule has 1 fully saturated rings. The Morgan fingerprint density at radius 1 is 1.00 bits per heavy atom. The Labute approximate surface area is 165 Å². The summed E-state index contributed by atoms with van der Waals surface area (Å²) in [6.07, 6.45) is 5.78. The van der Waals surface area contributed by atoms with Crippen molar-refractivity contribution in [3.8, 4) is 0 Å². The molecule has 0 aromatic heterocycles. The lowest BCUT2D eigenvalue weighted by Gasteiger charge is -2.25. The van der Waals surface area contributed by atoms with Gasteiger partial charge in [-0.15, -0.1) is 0 Å². The number of nitrogens with zero attached hydrogens (tertiary/aromatic N) is 1. The molecule has 28 heavy (non-hydrogen) atoms. The minimum atomic E-state index is -4.00. The molecule has 0 spiro atoms. The highest BCUT2D eigenvalue weighted by Crippen LogP contribution is 2.24. The summed E-state index contributed by atoms with van der Waals surface area (Å²) in [7, 11) is -4.00. The largest absolute Gasteiger partial charge is 0.354 e. The molecule has 0 saturated heterocycles. The third kappa shape index (κ3) is 5.10. The van der Waals surface area contributed by atoms with Crippen LogP contribution in [0.1, 0.15) is 32.1 Å². The van der Waals surface area contributed by atoms with E-state index in [4.69, 9.17) is 0 Å². The number of carbonyl (C=O) groups is 1. The summed E-state index contributed by atoms with van der Waals surface area (Å²) >= 11 is 0. The van der Waals surface area contributed by atoms with Crippen molar-refractivity contribution in [1.29, 1.82) is 0 Å². The first-order valence-corrected chi connectivity index (χ1v) is 11.0. The molecule has 0 unspecified atom stereocenters. The number of halogens is 1. The fraction of sp³-hybridized carbons (Fsp3) is 0.381. The zero-order valence-electron chi connectivity index (χ0n) is 15.7. The molecule has 0 aliphatic heterocycles. The van der Waals surface area contributed by atoms with Gasteiger partial charge < -0.3 is 5.32 Å². The average Bonchev–Trinajstić information content (AvgIpc) is 2.72.